The standard InChI is InChI=1S/C20H18FN/c1-14-13-22-20(17-8-10-18(21)11-9-17)12-19(14)15(2)16-6-4-3-5-7-16/h3-13,15H,1-2H3. The average molecular weight is 291 g/mol. The quantitative estimate of drug-likeness (QED) is 0.634. The van der Waals surface area contributed by atoms with E-state index in [1.807, 2.05) is 12.3 Å². The first-order valence-corrected chi connectivity index (χ1v) is 7.42. The number of hydrogen-bond acceptors (Lipinski definition) is 1. The SMILES string of the molecule is Cc1cnc(-c2ccc(F)cc2)cc1C(C)c1ccccc1. The summed E-state index contributed by atoms with van der Waals surface area (Å²) in [7, 11) is 0. The fraction of sp³-hybridized carbons (Fsp3) is 0.150. The summed E-state index contributed by atoms with van der Waals surface area (Å²) in [5.41, 5.74) is 5.51. The van der Waals surface area contributed by atoms with E-state index in [1.54, 1.807) is 12.1 Å². The van der Waals surface area contributed by atoms with Crippen molar-refractivity contribution >= 4 is 0 Å². The Morgan fingerprint density at radius 3 is 2.32 bits per heavy atom. The van der Waals surface area contributed by atoms with E-state index < -0.39 is 0 Å². The van der Waals surface area contributed by atoms with Gasteiger partial charge in [0.2, 0.25) is 0 Å². The van der Waals surface area contributed by atoms with E-state index in [4.69, 9.17) is 0 Å². The van der Waals surface area contributed by atoms with Crippen LogP contribution in [0.25, 0.3) is 11.3 Å². The molecule has 22 heavy (non-hydrogen) atoms. The first-order chi connectivity index (χ1) is 10.6. The number of nitrogens with zero attached hydrogens (tertiary/aromatic N) is 1. The highest BCUT2D eigenvalue weighted by Crippen LogP contribution is 2.29. The first-order valence-electron chi connectivity index (χ1n) is 7.42. The highest BCUT2D eigenvalue weighted by Gasteiger charge is 2.12. The Balaban J connectivity index is 2.01. The third kappa shape index (κ3) is 2.91. The van der Waals surface area contributed by atoms with Crippen molar-refractivity contribution in [3.8, 4) is 11.3 Å². The Morgan fingerprint density at radius 2 is 1.64 bits per heavy atom. The van der Waals surface area contributed by atoms with Gasteiger partial charge >= 0.3 is 0 Å². The monoisotopic (exact) mass is 291 g/mol. The largest absolute Gasteiger partial charge is 0.256 e. The highest BCUT2D eigenvalue weighted by molar-refractivity contribution is 5.61. The molecule has 1 heterocycles. The van der Waals surface area contributed by atoms with E-state index in [0.717, 1.165) is 11.3 Å². The van der Waals surface area contributed by atoms with Crippen LogP contribution in [0, 0.1) is 12.7 Å². The zero-order chi connectivity index (χ0) is 15.5. The van der Waals surface area contributed by atoms with Gasteiger partial charge in [-0.15, -0.1) is 0 Å². The Morgan fingerprint density at radius 1 is 0.955 bits per heavy atom. The summed E-state index contributed by atoms with van der Waals surface area (Å²) in [4.78, 5) is 4.49. The molecule has 0 aliphatic rings. The molecule has 2 aromatic carbocycles. The molecule has 0 spiro atoms. The lowest BCUT2D eigenvalue weighted by molar-refractivity contribution is 0.628. The van der Waals surface area contributed by atoms with Crippen molar-refractivity contribution in [2.45, 2.75) is 19.8 Å². The number of hydrogen-bond donors (Lipinski definition) is 0. The molecule has 0 amide bonds. The molecule has 1 unspecified atom stereocenters. The number of pyridine rings is 1. The minimum atomic E-state index is -0.228. The number of rotatable bonds is 3. The normalized spacial score (nSPS) is 12.1. The molecule has 0 aliphatic carbocycles. The van der Waals surface area contributed by atoms with E-state index in [9.17, 15) is 4.39 Å². The van der Waals surface area contributed by atoms with Gasteiger partial charge in [0, 0.05) is 17.7 Å². The predicted molar refractivity (Wildman–Crippen MR) is 88.3 cm³/mol. The van der Waals surface area contributed by atoms with Gasteiger partial charge in [0.1, 0.15) is 5.82 Å². The van der Waals surface area contributed by atoms with Crippen molar-refractivity contribution in [1.82, 2.24) is 4.98 Å². The van der Waals surface area contributed by atoms with E-state index in [1.165, 1.54) is 28.8 Å². The van der Waals surface area contributed by atoms with Crippen molar-refractivity contribution in [1.29, 1.82) is 0 Å². The zero-order valence-electron chi connectivity index (χ0n) is 12.8. The second-order valence-corrected chi connectivity index (χ2v) is 5.57. The maximum absolute atomic E-state index is 13.1. The van der Waals surface area contributed by atoms with Crippen LogP contribution < -0.4 is 0 Å². The molecule has 1 aromatic heterocycles. The summed E-state index contributed by atoms with van der Waals surface area (Å²) in [6, 6.07) is 19.0. The lowest BCUT2D eigenvalue weighted by atomic mass is 9.90. The summed E-state index contributed by atoms with van der Waals surface area (Å²) >= 11 is 0. The number of halogens is 1. The van der Waals surface area contributed by atoms with Gasteiger partial charge in [0.15, 0.2) is 0 Å². The maximum atomic E-state index is 13.1. The smallest absolute Gasteiger partial charge is 0.123 e. The first kappa shape index (κ1) is 14.5. The zero-order valence-corrected chi connectivity index (χ0v) is 12.8. The molecule has 0 saturated carbocycles. The number of benzene rings is 2. The summed E-state index contributed by atoms with van der Waals surface area (Å²) in [6.07, 6.45) is 1.90. The Bertz CT molecular complexity index is 763. The third-order valence-corrected chi connectivity index (χ3v) is 4.05. The molecule has 110 valence electrons. The van der Waals surface area contributed by atoms with Crippen LogP contribution in [0.3, 0.4) is 0 Å². The van der Waals surface area contributed by atoms with E-state index >= 15 is 0 Å². The number of aromatic nitrogens is 1. The lowest BCUT2D eigenvalue weighted by Crippen LogP contribution is -2.00. The van der Waals surface area contributed by atoms with Gasteiger partial charge in [0.25, 0.3) is 0 Å². The molecule has 0 fully saturated rings. The fourth-order valence-corrected chi connectivity index (χ4v) is 2.71. The molecule has 2 heteroatoms. The Kier molecular flexibility index (Phi) is 4.01. The van der Waals surface area contributed by atoms with Gasteiger partial charge in [-0.2, -0.15) is 0 Å². The van der Waals surface area contributed by atoms with Crippen LogP contribution in [0.15, 0.2) is 66.9 Å². The van der Waals surface area contributed by atoms with Crippen LogP contribution in [0.1, 0.15) is 29.5 Å². The summed E-state index contributed by atoms with van der Waals surface area (Å²) in [6.45, 7) is 4.28. The molecular formula is C20H18FN. The second kappa shape index (κ2) is 6.10. The summed E-state index contributed by atoms with van der Waals surface area (Å²) in [5, 5.41) is 0. The third-order valence-electron chi connectivity index (χ3n) is 4.05. The van der Waals surface area contributed by atoms with E-state index in [2.05, 4.69) is 49.2 Å². The van der Waals surface area contributed by atoms with Crippen molar-refractivity contribution < 1.29 is 4.39 Å². The molecular weight excluding hydrogens is 273 g/mol. The van der Waals surface area contributed by atoms with Crippen LogP contribution in [-0.4, -0.2) is 4.98 Å². The van der Waals surface area contributed by atoms with Crippen molar-refractivity contribution in [3.63, 3.8) is 0 Å². The lowest BCUT2D eigenvalue weighted by Gasteiger charge is -2.16. The maximum Gasteiger partial charge on any atom is 0.123 e. The molecule has 0 aliphatic heterocycles. The minimum Gasteiger partial charge on any atom is -0.256 e. The Labute approximate surface area is 130 Å². The van der Waals surface area contributed by atoms with E-state index in [0.29, 0.717) is 5.92 Å². The van der Waals surface area contributed by atoms with Crippen LogP contribution in [-0.2, 0) is 0 Å². The van der Waals surface area contributed by atoms with Gasteiger partial charge in [-0.25, -0.2) is 4.39 Å². The van der Waals surface area contributed by atoms with Crippen molar-refractivity contribution in [2.75, 3.05) is 0 Å². The van der Waals surface area contributed by atoms with Crippen LogP contribution >= 0.6 is 0 Å². The van der Waals surface area contributed by atoms with Gasteiger partial charge in [-0.3, -0.25) is 4.98 Å². The molecule has 1 nitrogen and oxygen atoms in total. The molecule has 3 aromatic rings. The number of aryl methyl sites for hydroxylation is 1. The predicted octanol–water partition coefficient (Wildman–Crippen LogP) is 5.35. The van der Waals surface area contributed by atoms with Gasteiger partial charge in [-0.05, 0) is 53.9 Å². The van der Waals surface area contributed by atoms with E-state index in [-0.39, 0.29) is 5.82 Å². The van der Waals surface area contributed by atoms with Gasteiger partial charge in [0.05, 0.1) is 5.69 Å². The topological polar surface area (TPSA) is 12.9 Å². The molecule has 0 saturated heterocycles. The van der Waals surface area contributed by atoms with Crippen molar-refractivity contribution in [3.05, 3.63) is 89.4 Å². The molecule has 0 radical (unpaired) electrons. The molecule has 0 bridgehead atoms. The molecule has 3 rings (SSSR count). The van der Waals surface area contributed by atoms with Crippen LogP contribution in [0.4, 0.5) is 4.39 Å². The summed E-state index contributed by atoms with van der Waals surface area (Å²) < 4.78 is 13.1. The van der Waals surface area contributed by atoms with Crippen LogP contribution in [0.5, 0.6) is 0 Å². The van der Waals surface area contributed by atoms with Gasteiger partial charge < -0.3 is 0 Å². The molecule has 1 atom stereocenters. The minimum absolute atomic E-state index is 0.228. The summed E-state index contributed by atoms with van der Waals surface area (Å²) in [5.74, 6) is 0.0668. The van der Waals surface area contributed by atoms with Crippen LogP contribution in [0.2, 0.25) is 0 Å². The van der Waals surface area contributed by atoms with Crippen molar-refractivity contribution in [2.24, 2.45) is 0 Å². The molecule has 0 N–H and O–H groups in total. The fourth-order valence-electron chi connectivity index (χ4n) is 2.71. The second-order valence-electron chi connectivity index (χ2n) is 5.57. The van der Waals surface area contributed by atoms with Gasteiger partial charge in [-0.1, -0.05) is 37.3 Å². The Hall–Kier alpha value is -2.48. The highest BCUT2D eigenvalue weighted by atomic mass is 19.1. The average Bonchev–Trinajstić information content (AvgIpc) is 2.56.